The molecule has 5 aromatic rings. The van der Waals surface area contributed by atoms with E-state index in [1.165, 1.54) is 23.5 Å². The van der Waals surface area contributed by atoms with Gasteiger partial charge in [0.15, 0.2) is 5.13 Å². The van der Waals surface area contributed by atoms with Crippen LogP contribution in [0, 0.1) is 25.1 Å². The average molecular weight is 499 g/mol. The van der Waals surface area contributed by atoms with Crippen molar-refractivity contribution >= 4 is 33.3 Å². The first-order valence-electron chi connectivity index (χ1n) is 11.8. The Morgan fingerprint density at radius 2 is 1.72 bits per heavy atom. The SMILES string of the molecule is Cc1nc(NC(=O)C(C)(C)C(c2ccccc2)c2ccc3c(cnn3-c3ccc(F)cc3)c2)sc1C. The zero-order chi connectivity index (χ0) is 25.4. The number of aryl methyl sites for hydroxylation is 2. The van der Waals surface area contributed by atoms with Crippen molar-refractivity contribution in [3.8, 4) is 5.69 Å². The van der Waals surface area contributed by atoms with Gasteiger partial charge < -0.3 is 5.32 Å². The Kier molecular flexibility index (Phi) is 6.18. The molecule has 5 nitrogen and oxygen atoms in total. The largest absolute Gasteiger partial charge is 0.301 e. The van der Waals surface area contributed by atoms with Crippen LogP contribution < -0.4 is 5.32 Å². The molecular formula is C29H27FN4OS. The summed E-state index contributed by atoms with van der Waals surface area (Å²) in [4.78, 5) is 19.2. The summed E-state index contributed by atoms with van der Waals surface area (Å²) in [6.45, 7) is 7.89. The Balaban J connectivity index is 1.55. The number of thiazole rings is 1. The molecule has 0 saturated carbocycles. The fourth-order valence-corrected chi connectivity index (χ4v) is 5.42. The highest BCUT2D eigenvalue weighted by Gasteiger charge is 2.39. The summed E-state index contributed by atoms with van der Waals surface area (Å²) in [5.74, 6) is -0.585. The average Bonchev–Trinajstić information content (AvgIpc) is 3.42. The lowest BCUT2D eigenvalue weighted by atomic mass is 9.70. The number of aromatic nitrogens is 3. The number of hydrogen-bond donors (Lipinski definition) is 1. The van der Waals surface area contributed by atoms with Crippen LogP contribution in [0.2, 0.25) is 0 Å². The molecule has 0 radical (unpaired) electrons. The van der Waals surface area contributed by atoms with Gasteiger partial charge in [0.2, 0.25) is 5.91 Å². The number of amides is 1. The lowest BCUT2D eigenvalue weighted by Gasteiger charge is -2.34. The zero-order valence-electron chi connectivity index (χ0n) is 20.6. The fraction of sp³-hybridized carbons (Fsp3) is 0.207. The molecule has 0 aliphatic rings. The Morgan fingerprint density at radius 3 is 2.39 bits per heavy atom. The van der Waals surface area contributed by atoms with Crippen LogP contribution in [0.1, 0.15) is 41.5 Å². The molecule has 1 atom stereocenters. The first kappa shape index (κ1) is 23.9. The van der Waals surface area contributed by atoms with E-state index >= 15 is 0 Å². The van der Waals surface area contributed by atoms with E-state index in [0.717, 1.165) is 38.3 Å². The van der Waals surface area contributed by atoms with Gasteiger partial charge in [0.05, 0.1) is 28.5 Å². The van der Waals surface area contributed by atoms with E-state index in [4.69, 9.17) is 0 Å². The standard InChI is InChI=1S/C29H27FN4OS/c1-18-19(2)36-28(32-18)33-27(35)29(3,4)26(20-8-6-5-7-9-20)21-10-15-25-22(16-21)17-31-34(25)24-13-11-23(30)12-14-24/h5-17,26H,1-4H3,(H,32,33,35). The normalized spacial score (nSPS) is 12.6. The quantitative estimate of drug-likeness (QED) is 0.273. The maximum atomic E-state index is 13.6. The summed E-state index contributed by atoms with van der Waals surface area (Å²) in [5, 5.41) is 9.15. The number of nitrogens with zero attached hydrogens (tertiary/aromatic N) is 3. The maximum Gasteiger partial charge on any atom is 0.232 e. The molecule has 1 amide bonds. The van der Waals surface area contributed by atoms with E-state index in [9.17, 15) is 9.18 Å². The van der Waals surface area contributed by atoms with Crippen LogP contribution in [-0.4, -0.2) is 20.7 Å². The number of fused-ring (bicyclic) bond motifs is 1. The van der Waals surface area contributed by atoms with Crippen molar-refractivity contribution in [1.29, 1.82) is 0 Å². The summed E-state index contributed by atoms with van der Waals surface area (Å²) in [6, 6.07) is 22.5. The lowest BCUT2D eigenvalue weighted by molar-refractivity contribution is -0.124. The monoisotopic (exact) mass is 498 g/mol. The van der Waals surface area contributed by atoms with Crippen molar-refractivity contribution in [2.75, 3.05) is 5.32 Å². The minimum atomic E-state index is -0.782. The van der Waals surface area contributed by atoms with Crippen LogP contribution in [-0.2, 0) is 4.79 Å². The number of carbonyl (C=O) groups excluding carboxylic acids is 1. The summed E-state index contributed by atoms with van der Waals surface area (Å²) in [7, 11) is 0. The lowest BCUT2D eigenvalue weighted by Crippen LogP contribution is -2.37. The van der Waals surface area contributed by atoms with Gasteiger partial charge in [-0.25, -0.2) is 14.1 Å². The number of nitrogens with one attached hydrogen (secondary N) is 1. The summed E-state index contributed by atoms with van der Waals surface area (Å²) in [6.07, 6.45) is 1.80. The van der Waals surface area contributed by atoms with Crippen LogP contribution >= 0.6 is 11.3 Å². The van der Waals surface area contributed by atoms with Crippen LogP contribution in [0.15, 0.2) is 79.0 Å². The third-order valence-corrected chi connectivity index (χ3v) is 7.67. The topological polar surface area (TPSA) is 59.8 Å². The number of halogens is 1. The van der Waals surface area contributed by atoms with Crippen LogP contribution in [0.4, 0.5) is 9.52 Å². The third-order valence-electron chi connectivity index (χ3n) is 6.69. The molecular weight excluding hydrogens is 471 g/mol. The van der Waals surface area contributed by atoms with Gasteiger partial charge in [-0.15, -0.1) is 11.3 Å². The Morgan fingerprint density at radius 1 is 1.00 bits per heavy atom. The van der Waals surface area contributed by atoms with E-state index in [0.29, 0.717) is 5.13 Å². The second kappa shape index (κ2) is 9.32. The summed E-state index contributed by atoms with van der Waals surface area (Å²) >= 11 is 1.49. The minimum absolute atomic E-state index is 0.0905. The molecule has 0 fully saturated rings. The number of carbonyl (C=O) groups is 1. The summed E-state index contributed by atoms with van der Waals surface area (Å²) in [5.41, 5.74) is 3.90. The molecule has 2 aromatic heterocycles. The number of anilines is 1. The zero-order valence-corrected chi connectivity index (χ0v) is 21.4. The molecule has 182 valence electrons. The van der Waals surface area contributed by atoms with Crippen LogP contribution in [0.3, 0.4) is 0 Å². The highest BCUT2D eigenvalue weighted by atomic mass is 32.1. The van der Waals surface area contributed by atoms with Gasteiger partial charge in [0, 0.05) is 16.2 Å². The van der Waals surface area contributed by atoms with Gasteiger partial charge in [-0.2, -0.15) is 5.10 Å². The predicted molar refractivity (Wildman–Crippen MR) is 143 cm³/mol. The smallest absolute Gasteiger partial charge is 0.232 e. The van der Waals surface area contributed by atoms with Gasteiger partial charge in [-0.3, -0.25) is 4.79 Å². The van der Waals surface area contributed by atoms with E-state index in [1.54, 1.807) is 23.0 Å². The first-order valence-corrected chi connectivity index (χ1v) is 12.6. The second-order valence-corrected chi connectivity index (χ2v) is 10.7. The van der Waals surface area contributed by atoms with Crippen molar-refractivity contribution in [3.63, 3.8) is 0 Å². The second-order valence-electron chi connectivity index (χ2n) is 9.53. The molecule has 1 N–H and O–H groups in total. The Labute approximate surface area is 213 Å². The van der Waals surface area contributed by atoms with Crippen molar-refractivity contribution < 1.29 is 9.18 Å². The van der Waals surface area contributed by atoms with Gasteiger partial charge in [0.1, 0.15) is 5.82 Å². The summed E-state index contributed by atoms with van der Waals surface area (Å²) < 4.78 is 15.2. The van der Waals surface area contributed by atoms with Gasteiger partial charge in [-0.1, -0.05) is 50.2 Å². The molecule has 5 rings (SSSR count). The van der Waals surface area contributed by atoms with Gasteiger partial charge >= 0.3 is 0 Å². The van der Waals surface area contributed by atoms with Crippen LogP contribution in [0.5, 0.6) is 0 Å². The van der Waals surface area contributed by atoms with Crippen molar-refractivity contribution in [2.45, 2.75) is 33.6 Å². The molecule has 3 aromatic carbocycles. The van der Waals surface area contributed by atoms with Gasteiger partial charge in [0.25, 0.3) is 0 Å². The number of rotatable bonds is 6. The molecule has 7 heteroatoms. The minimum Gasteiger partial charge on any atom is -0.301 e. The van der Waals surface area contributed by atoms with Crippen molar-refractivity contribution in [2.24, 2.45) is 5.41 Å². The molecule has 0 saturated heterocycles. The number of hydrogen-bond acceptors (Lipinski definition) is 4. The predicted octanol–water partition coefficient (Wildman–Crippen LogP) is 7.03. The highest BCUT2D eigenvalue weighted by molar-refractivity contribution is 7.15. The highest BCUT2D eigenvalue weighted by Crippen LogP contribution is 2.43. The molecule has 1 unspecified atom stereocenters. The molecule has 0 aliphatic heterocycles. The fourth-order valence-electron chi connectivity index (χ4n) is 4.61. The molecule has 0 bridgehead atoms. The van der Waals surface area contributed by atoms with E-state index < -0.39 is 5.41 Å². The molecule has 0 spiro atoms. The maximum absolute atomic E-state index is 13.6. The first-order chi connectivity index (χ1) is 17.2. The van der Waals surface area contributed by atoms with Crippen molar-refractivity contribution in [3.05, 3.63) is 107 Å². The molecule has 0 aliphatic carbocycles. The number of benzene rings is 3. The molecule has 2 heterocycles. The van der Waals surface area contributed by atoms with Crippen molar-refractivity contribution in [1.82, 2.24) is 14.8 Å². The third kappa shape index (κ3) is 4.42. The Bertz CT molecular complexity index is 1520. The Hall–Kier alpha value is -3.84. The molecule has 36 heavy (non-hydrogen) atoms. The van der Waals surface area contributed by atoms with E-state index in [1.807, 2.05) is 52.0 Å². The van der Waals surface area contributed by atoms with Crippen LogP contribution in [0.25, 0.3) is 16.6 Å². The van der Waals surface area contributed by atoms with E-state index in [-0.39, 0.29) is 17.6 Å². The van der Waals surface area contributed by atoms with E-state index in [2.05, 4.69) is 39.7 Å². The van der Waals surface area contributed by atoms with Gasteiger partial charge in [-0.05, 0) is 61.4 Å².